The van der Waals surface area contributed by atoms with Crippen LogP contribution in [0, 0.1) is 10.1 Å². The third-order valence-corrected chi connectivity index (χ3v) is 4.64. The second-order valence-electron chi connectivity index (χ2n) is 5.57. The molecule has 2 aliphatic rings. The third-order valence-electron chi connectivity index (χ3n) is 3.89. The summed E-state index contributed by atoms with van der Waals surface area (Å²) in [5.74, 6) is 1.17. The minimum atomic E-state index is -0.420. The van der Waals surface area contributed by atoms with Crippen LogP contribution in [0.1, 0.15) is 11.1 Å². The number of hydrogen-bond donors (Lipinski definition) is 0. The van der Waals surface area contributed by atoms with Gasteiger partial charge in [0.15, 0.2) is 5.84 Å². The van der Waals surface area contributed by atoms with E-state index in [0.717, 1.165) is 16.0 Å². The predicted molar refractivity (Wildman–Crippen MR) is 103 cm³/mol. The lowest BCUT2D eigenvalue weighted by atomic mass is 10.1. The van der Waals surface area contributed by atoms with Crippen molar-refractivity contribution in [2.24, 2.45) is 14.4 Å². The summed E-state index contributed by atoms with van der Waals surface area (Å²) >= 11 is 1.23. The van der Waals surface area contributed by atoms with Crippen LogP contribution < -0.4 is 0 Å². The number of nitro benzene ring substituents is 1. The number of guanidine groups is 1. The Bertz CT molecular complexity index is 979. The number of benzene rings is 2. The van der Waals surface area contributed by atoms with Crippen molar-refractivity contribution < 1.29 is 4.92 Å². The fraction of sp³-hybridized carbons (Fsp3) is 0.0556. The number of hydrogen-bond acceptors (Lipinski definition) is 6. The Labute approximate surface area is 153 Å². The molecule has 2 heterocycles. The largest absolute Gasteiger partial charge is 0.313 e. The van der Waals surface area contributed by atoms with Crippen molar-refractivity contribution in [2.75, 3.05) is 0 Å². The zero-order valence-electron chi connectivity index (χ0n) is 13.5. The van der Waals surface area contributed by atoms with Gasteiger partial charge < -0.3 is 4.90 Å². The molecule has 0 unspecified atom stereocenters. The maximum absolute atomic E-state index is 10.8. The molecule has 0 spiro atoms. The topological polar surface area (TPSA) is 83.5 Å². The SMILES string of the molecule is O=[N+]([O-])c1ccc(SN=C2N=C3N=CC=CN3Cc3ccccc32)cc1. The van der Waals surface area contributed by atoms with Gasteiger partial charge in [0.1, 0.15) is 0 Å². The number of nitro groups is 1. The molecule has 0 saturated heterocycles. The number of rotatable bonds is 3. The Morgan fingerprint density at radius 2 is 1.96 bits per heavy atom. The first-order valence-corrected chi connectivity index (χ1v) is 8.62. The molecule has 0 amide bonds. The number of allylic oxidation sites excluding steroid dienone is 1. The smallest absolute Gasteiger partial charge is 0.269 e. The van der Waals surface area contributed by atoms with Gasteiger partial charge in [0.25, 0.3) is 5.69 Å². The molecule has 0 aliphatic carbocycles. The van der Waals surface area contributed by atoms with Crippen LogP contribution in [-0.4, -0.2) is 27.8 Å². The molecule has 2 aromatic rings. The monoisotopic (exact) mass is 363 g/mol. The van der Waals surface area contributed by atoms with Crippen molar-refractivity contribution in [3.05, 3.63) is 82.0 Å². The minimum absolute atomic E-state index is 0.0565. The van der Waals surface area contributed by atoms with E-state index in [0.29, 0.717) is 18.3 Å². The summed E-state index contributed by atoms with van der Waals surface area (Å²) in [6.07, 6.45) is 5.51. The summed E-state index contributed by atoms with van der Waals surface area (Å²) in [4.78, 5) is 22.1. The number of non-ortho nitro benzene ring substituents is 1. The highest BCUT2D eigenvalue weighted by molar-refractivity contribution is 7.98. The molecule has 128 valence electrons. The maximum atomic E-state index is 10.8. The average Bonchev–Trinajstić information content (AvgIpc) is 2.83. The molecule has 0 fully saturated rings. The first-order valence-electron chi connectivity index (χ1n) is 7.85. The molecule has 2 aromatic carbocycles. The molecule has 8 heteroatoms. The summed E-state index contributed by atoms with van der Waals surface area (Å²) < 4.78 is 4.57. The van der Waals surface area contributed by atoms with Crippen LogP contribution in [0.4, 0.5) is 5.69 Å². The van der Waals surface area contributed by atoms with Crippen molar-refractivity contribution in [1.82, 2.24) is 4.90 Å². The van der Waals surface area contributed by atoms with Crippen LogP contribution in [0.2, 0.25) is 0 Å². The Kier molecular flexibility index (Phi) is 4.32. The first-order chi connectivity index (χ1) is 12.7. The van der Waals surface area contributed by atoms with E-state index in [2.05, 4.69) is 14.4 Å². The van der Waals surface area contributed by atoms with Gasteiger partial charge in [-0.3, -0.25) is 10.1 Å². The van der Waals surface area contributed by atoms with Gasteiger partial charge in [-0.1, -0.05) is 24.3 Å². The molecule has 2 aliphatic heterocycles. The van der Waals surface area contributed by atoms with Gasteiger partial charge in [-0.15, -0.1) is 0 Å². The lowest BCUT2D eigenvalue weighted by molar-refractivity contribution is -0.384. The number of nitrogens with zero attached hydrogens (tertiary/aromatic N) is 5. The van der Waals surface area contributed by atoms with E-state index in [4.69, 9.17) is 0 Å². The molecular weight excluding hydrogens is 350 g/mol. The average molecular weight is 363 g/mol. The van der Waals surface area contributed by atoms with E-state index in [1.54, 1.807) is 18.3 Å². The zero-order chi connectivity index (χ0) is 17.9. The Morgan fingerprint density at radius 3 is 2.77 bits per heavy atom. The van der Waals surface area contributed by atoms with Gasteiger partial charge in [0.05, 0.1) is 11.5 Å². The van der Waals surface area contributed by atoms with Gasteiger partial charge in [0, 0.05) is 47.0 Å². The van der Waals surface area contributed by atoms with Crippen molar-refractivity contribution in [2.45, 2.75) is 11.4 Å². The number of fused-ring (bicyclic) bond motifs is 2. The highest BCUT2D eigenvalue weighted by Crippen LogP contribution is 2.26. The molecular formula is C18H13N5O2S. The molecule has 0 N–H and O–H groups in total. The van der Waals surface area contributed by atoms with Gasteiger partial charge in [-0.05, 0) is 23.8 Å². The Morgan fingerprint density at radius 1 is 1.15 bits per heavy atom. The normalized spacial score (nSPS) is 16.7. The minimum Gasteiger partial charge on any atom is -0.313 e. The third kappa shape index (κ3) is 3.27. The molecule has 0 radical (unpaired) electrons. The van der Waals surface area contributed by atoms with E-state index in [9.17, 15) is 10.1 Å². The van der Waals surface area contributed by atoms with Gasteiger partial charge >= 0.3 is 0 Å². The Hall–Kier alpha value is -3.26. The lowest BCUT2D eigenvalue weighted by Gasteiger charge is -2.19. The van der Waals surface area contributed by atoms with Crippen molar-refractivity contribution in [3.8, 4) is 0 Å². The summed E-state index contributed by atoms with van der Waals surface area (Å²) in [7, 11) is 0. The van der Waals surface area contributed by atoms with E-state index in [-0.39, 0.29) is 5.69 Å². The molecule has 26 heavy (non-hydrogen) atoms. The highest BCUT2D eigenvalue weighted by atomic mass is 32.2. The first kappa shape index (κ1) is 16.2. The van der Waals surface area contributed by atoms with E-state index in [1.807, 2.05) is 41.4 Å². The summed E-state index contributed by atoms with van der Waals surface area (Å²) in [5, 5.41) is 10.8. The quantitative estimate of drug-likeness (QED) is 0.471. The fourth-order valence-electron chi connectivity index (χ4n) is 2.62. The number of aliphatic imine (C=N–C) groups is 2. The standard InChI is InChI=1S/C18H13N5O2S/c24-23(25)14-6-8-15(9-7-14)26-21-17-16-5-2-1-4-13(16)12-22-11-3-10-19-18(22)20-17/h1-11H,12H2. The van der Waals surface area contributed by atoms with Crippen molar-refractivity contribution in [1.29, 1.82) is 0 Å². The van der Waals surface area contributed by atoms with Crippen LogP contribution in [0.3, 0.4) is 0 Å². The summed E-state index contributed by atoms with van der Waals surface area (Å²) in [6, 6.07) is 14.3. The summed E-state index contributed by atoms with van der Waals surface area (Å²) in [6.45, 7) is 0.671. The Balaban J connectivity index is 1.68. The number of amidine groups is 1. The fourth-order valence-corrected chi connectivity index (χ4v) is 3.21. The molecule has 0 aromatic heterocycles. The van der Waals surface area contributed by atoms with Crippen LogP contribution in [0.15, 0.2) is 80.1 Å². The highest BCUT2D eigenvalue weighted by Gasteiger charge is 2.20. The van der Waals surface area contributed by atoms with Crippen LogP contribution in [0.25, 0.3) is 0 Å². The molecule has 0 saturated carbocycles. The summed E-state index contributed by atoms with van der Waals surface area (Å²) in [5.41, 5.74) is 2.12. The van der Waals surface area contributed by atoms with Gasteiger partial charge in [-0.25, -0.2) is 4.99 Å². The zero-order valence-corrected chi connectivity index (χ0v) is 14.3. The van der Waals surface area contributed by atoms with Crippen molar-refractivity contribution >= 4 is 35.6 Å². The molecule has 7 nitrogen and oxygen atoms in total. The maximum Gasteiger partial charge on any atom is 0.269 e. The molecule has 0 bridgehead atoms. The second-order valence-corrected chi connectivity index (χ2v) is 6.41. The van der Waals surface area contributed by atoms with Gasteiger partial charge in [0.2, 0.25) is 5.96 Å². The molecule has 4 rings (SSSR count). The van der Waals surface area contributed by atoms with E-state index >= 15 is 0 Å². The van der Waals surface area contributed by atoms with Crippen LogP contribution in [0.5, 0.6) is 0 Å². The van der Waals surface area contributed by atoms with Gasteiger partial charge in [-0.2, -0.15) is 9.39 Å². The van der Waals surface area contributed by atoms with E-state index in [1.165, 1.54) is 24.1 Å². The van der Waals surface area contributed by atoms with Crippen LogP contribution >= 0.6 is 11.9 Å². The van der Waals surface area contributed by atoms with Crippen LogP contribution in [-0.2, 0) is 6.54 Å². The lowest BCUT2D eigenvalue weighted by Crippen LogP contribution is -2.24. The predicted octanol–water partition coefficient (Wildman–Crippen LogP) is 3.82. The van der Waals surface area contributed by atoms with E-state index < -0.39 is 4.92 Å². The van der Waals surface area contributed by atoms with Crippen molar-refractivity contribution in [3.63, 3.8) is 0 Å². The second kappa shape index (κ2) is 6.93. The molecule has 0 atom stereocenters.